The van der Waals surface area contributed by atoms with Crippen molar-refractivity contribution in [1.82, 2.24) is 0 Å². The van der Waals surface area contributed by atoms with Gasteiger partial charge in [0, 0.05) is 6.42 Å². The number of hydrogen-bond acceptors (Lipinski definition) is 1. The van der Waals surface area contributed by atoms with Crippen molar-refractivity contribution in [2.24, 2.45) is 0 Å². The molecule has 0 spiro atoms. The molecule has 21 heavy (non-hydrogen) atoms. The number of benzene rings is 1. The fourth-order valence-electron chi connectivity index (χ4n) is 1.47. The molecule has 0 heterocycles. The van der Waals surface area contributed by atoms with Gasteiger partial charge < -0.3 is 5.11 Å². The zero-order chi connectivity index (χ0) is 16.7. The predicted octanol–water partition coefficient (Wildman–Crippen LogP) is 4.10. The Morgan fingerprint density at radius 3 is 1.38 bits per heavy atom. The van der Waals surface area contributed by atoms with Crippen molar-refractivity contribution in [2.75, 3.05) is 0 Å². The van der Waals surface area contributed by atoms with E-state index in [4.69, 9.17) is 5.11 Å². The molecule has 1 aromatic rings. The third kappa shape index (κ3) is 3.60. The molecule has 1 nitrogen and oxygen atoms in total. The molecule has 0 radical (unpaired) electrons. The molecule has 0 fully saturated rings. The van der Waals surface area contributed by atoms with E-state index in [1.165, 1.54) is 0 Å². The number of alkyl halides is 9. The third-order valence-electron chi connectivity index (χ3n) is 2.68. The second-order valence-corrected chi connectivity index (χ2v) is 4.23. The van der Waals surface area contributed by atoms with Crippen molar-refractivity contribution < 1.29 is 44.6 Å². The van der Waals surface area contributed by atoms with E-state index in [9.17, 15) is 39.5 Å². The van der Waals surface area contributed by atoms with Gasteiger partial charge in [0.15, 0.2) is 0 Å². The highest BCUT2D eigenvalue weighted by Crippen LogP contribution is 2.45. The van der Waals surface area contributed by atoms with Crippen LogP contribution >= 0.6 is 0 Å². The first-order valence-electron chi connectivity index (χ1n) is 5.20. The molecule has 0 aliphatic rings. The van der Waals surface area contributed by atoms with Gasteiger partial charge in [0.2, 0.25) is 0 Å². The Morgan fingerprint density at radius 1 is 0.714 bits per heavy atom. The number of hydrogen-bond donors (Lipinski definition) is 1. The van der Waals surface area contributed by atoms with Gasteiger partial charge in [0.25, 0.3) is 5.60 Å². The topological polar surface area (TPSA) is 20.2 Å². The second kappa shape index (κ2) is 5.08. The number of aliphatic hydroxyl groups is 1. The molecule has 0 atom stereocenters. The zero-order valence-corrected chi connectivity index (χ0v) is 9.87. The second-order valence-electron chi connectivity index (χ2n) is 4.23. The van der Waals surface area contributed by atoms with E-state index < -0.39 is 41.7 Å². The maximum absolute atomic E-state index is 12.4. The Labute approximate surface area is 112 Å². The van der Waals surface area contributed by atoms with Gasteiger partial charge in [-0.15, -0.1) is 0 Å². The van der Waals surface area contributed by atoms with Crippen LogP contribution in [0.3, 0.4) is 0 Å². The molecule has 1 N–H and O–H groups in total. The first-order valence-corrected chi connectivity index (χ1v) is 5.20. The van der Waals surface area contributed by atoms with Gasteiger partial charge in [-0.2, -0.15) is 39.5 Å². The van der Waals surface area contributed by atoms with Crippen molar-refractivity contribution in [3.05, 3.63) is 35.4 Å². The largest absolute Gasteiger partial charge is 0.426 e. The maximum atomic E-state index is 12.4. The van der Waals surface area contributed by atoms with Crippen LogP contribution in [0.15, 0.2) is 24.3 Å². The Kier molecular flexibility index (Phi) is 4.25. The summed E-state index contributed by atoms with van der Waals surface area (Å²) >= 11 is 0. The summed E-state index contributed by atoms with van der Waals surface area (Å²) in [6.07, 6.45) is -18.7. The Bertz CT molecular complexity index is 466. The van der Waals surface area contributed by atoms with E-state index >= 15 is 0 Å². The molecule has 0 aliphatic carbocycles. The first-order chi connectivity index (χ1) is 9.18. The molecule has 1 aromatic carbocycles. The molecule has 0 bridgehead atoms. The minimum atomic E-state index is -6.02. The fourth-order valence-corrected chi connectivity index (χ4v) is 1.47. The molecule has 0 aromatic heterocycles. The number of halogens is 9. The van der Waals surface area contributed by atoms with Crippen LogP contribution in [-0.4, -0.2) is 23.1 Å². The summed E-state index contributed by atoms with van der Waals surface area (Å²) in [6, 6.07) is 1.57. The lowest BCUT2D eigenvalue weighted by molar-refractivity contribution is -0.367. The van der Waals surface area contributed by atoms with Crippen molar-refractivity contribution >= 4 is 0 Å². The van der Waals surface area contributed by atoms with Gasteiger partial charge >= 0.3 is 18.5 Å². The molecule has 0 amide bonds. The van der Waals surface area contributed by atoms with E-state index in [0.29, 0.717) is 24.3 Å². The van der Waals surface area contributed by atoms with Crippen LogP contribution < -0.4 is 0 Å². The molecule has 10 heteroatoms. The van der Waals surface area contributed by atoms with Gasteiger partial charge in [-0.05, 0) is 17.7 Å². The Morgan fingerprint density at radius 2 is 1.10 bits per heavy atom. The normalized spacial score (nSPS) is 14.4. The van der Waals surface area contributed by atoms with E-state index in [-0.39, 0.29) is 0 Å². The van der Waals surface area contributed by atoms with Crippen LogP contribution in [0.1, 0.15) is 11.1 Å². The Balaban J connectivity index is 3.13. The highest BCUT2D eigenvalue weighted by atomic mass is 19.4. The smallest absolute Gasteiger partial charge is 0.373 e. The monoisotopic (exact) mass is 326 g/mol. The van der Waals surface area contributed by atoms with Crippen molar-refractivity contribution in [3.63, 3.8) is 0 Å². The number of rotatable bonds is 2. The SMILES string of the molecule is OC(Cc1ccc(C(F)(F)F)cc1)(C(F)(F)F)C(F)(F)F. The summed E-state index contributed by atoms with van der Waals surface area (Å²) in [5.41, 5.74) is -6.99. The summed E-state index contributed by atoms with van der Waals surface area (Å²) < 4.78 is 111. The summed E-state index contributed by atoms with van der Waals surface area (Å²) in [7, 11) is 0. The summed E-state index contributed by atoms with van der Waals surface area (Å²) in [6.45, 7) is 0. The van der Waals surface area contributed by atoms with E-state index in [1.54, 1.807) is 0 Å². The highest BCUT2D eigenvalue weighted by molar-refractivity contribution is 5.26. The average molecular weight is 326 g/mol. The summed E-state index contributed by atoms with van der Waals surface area (Å²) in [5, 5.41) is 8.89. The van der Waals surface area contributed by atoms with Crippen LogP contribution in [0, 0.1) is 0 Å². The van der Waals surface area contributed by atoms with Gasteiger partial charge in [0.05, 0.1) is 5.56 Å². The first kappa shape index (κ1) is 17.6. The van der Waals surface area contributed by atoms with E-state index in [1.807, 2.05) is 0 Å². The molecule has 120 valence electrons. The standard InChI is InChI=1S/C11H7F9O/c12-9(13,14)7-3-1-6(2-4-7)5-8(21,10(15,16)17)11(18,19)20/h1-4,21H,5H2. The van der Waals surface area contributed by atoms with Gasteiger partial charge in [0.1, 0.15) is 0 Å². The molecule has 0 saturated carbocycles. The lowest BCUT2D eigenvalue weighted by Crippen LogP contribution is -2.58. The summed E-state index contributed by atoms with van der Waals surface area (Å²) in [5.74, 6) is 0. The van der Waals surface area contributed by atoms with Gasteiger partial charge in [-0.25, -0.2) is 0 Å². The lowest BCUT2D eigenvalue weighted by atomic mass is 9.92. The molecule has 0 saturated heterocycles. The van der Waals surface area contributed by atoms with Crippen molar-refractivity contribution in [3.8, 4) is 0 Å². The lowest BCUT2D eigenvalue weighted by Gasteiger charge is -2.32. The van der Waals surface area contributed by atoms with Crippen LogP contribution in [0.25, 0.3) is 0 Å². The highest BCUT2D eigenvalue weighted by Gasteiger charge is 2.70. The van der Waals surface area contributed by atoms with Crippen molar-refractivity contribution in [1.29, 1.82) is 0 Å². The summed E-state index contributed by atoms with van der Waals surface area (Å²) in [4.78, 5) is 0. The van der Waals surface area contributed by atoms with Gasteiger partial charge in [-0.1, -0.05) is 12.1 Å². The molecular weight excluding hydrogens is 319 g/mol. The molecule has 0 aliphatic heterocycles. The molecular formula is C11H7F9O. The van der Waals surface area contributed by atoms with Crippen LogP contribution in [0.5, 0.6) is 0 Å². The van der Waals surface area contributed by atoms with Gasteiger partial charge in [-0.3, -0.25) is 0 Å². The predicted molar refractivity (Wildman–Crippen MR) is 52.2 cm³/mol. The molecule has 1 rings (SSSR count). The molecule has 0 unspecified atom stereocenters. The quantitative estimate of drug-likeness (QED) is 0.811. The minimum absolute atomic E-state index is 0.336. The van der Waals surface area contributed by atoms with E-state index in [2.05, 4.69) is 0 Å². The zero-order valence-electron chi connectivity index (χ0n) is 9.87. The third-order valence-corrected chi connectivity index (χ3v) is 2.68. The van der Waals surface area contributed by atoms with Crippen molar-refractivity contribution in [2.45, 2.75) is 30.6 Å². The van der Waals surface area contributed by atoms with Crippen LogP contribution in [0.4, 0.5) is 39.5 Å². The Hall–Kier alpha value is -1.45. The fraction of sp³-hybridized carbons (Fsp3) is 0.455. The average Bonchev–Trinajstić information content (AvgIpc) is 2.25. The maximum Gasteiger partial charge on any atom is 0.426 e. The minimum Gasteiger partial charge on any atom is -0.373 e. The van der Waals surface area contributed by atoms with E-state index in [0.717, 1.165) is 0 Å². The van der Waals surface area contributed by atoms with Crippen LogP contribution in [0.2, 0.25) is 0 Å². The van der Waals surface area contributed by atoms with Crippen LogP contribution in [-0.2, 0) is 12.6 Å².